The van der Waals surface area contributed by atoms with Crippen molar-refractivity contribution in [2.45, 2.75) is 20.0 Å². The van der Waals surface area contributed by atoms with Crippen molar-refractivity contribution in [1.82, 2.24) is 0 Å². The number of benzene rings is 1. The SMILES string of the molecule is CCOC(=O)[C@H](OCC)c1ccc(O)cc1. The van der Waals surface area contributed by atoms with Gasteiger partial charge in [0.25, 0.3) is 0 Å². The molecule has 0 aliphatic carbocycles. The molecule has 0 spiro atoms. The van der Waals surface area contributed by atoms with Gasteiger partial charge >= 0.3 is 5.97 Å². The van der Waals surface area contributed by atoms with E-state index in [-0.39, 0.29) is 5.75 Å². The van der Waals surface area contributed by atoms with Gasteiger partial charge in [-0.05, 0) is 31.5 Å². The lowest BCUT2D eigenvalue weighted by Gasteiger charge is -2.15. The Bertz CT molecular complexity index is 331. The van der Waals surface area contributed by atoms with Crippen LogP contribution in [0, 0.1) is 0 Å². The highest BCUT2D eigenvalue weighted by atomic mass is 16.6. The Hall–Kier alpha value is -1.55. The van der Waals surface area contributed by atoms with E-state index in [0.29, 0.717) is 18.8 Å². The van der Waals surface area contributed by atoms with Gasteiger partial charge in [-0.3, -0.25) is 0 Å². The van der Waals surface area contributed by atoms with Gasteiger partial charge in [-0.2, -0.15) is 0 Å². The first kappa shape index (κ1) is 12.5. The number of hydrogen-bond donors (Lipinski definition) is 1. The Morgan fingerprint density at radius 3 is 2.38 bits per heavy atom. The van der Waals surface area contributed by atoms with E-state index in [4.69, 9.17) is 14.6 Å². The van der Waals surface area contributed by atoms with Crippen LogP contribution in [0.1, 0.15) is 25.5 Å². The van der Waals surface area contributed by atoms with Gasteiger partial charge in [-0.1, -0.05) is 12.1 Å². The number of ether oxygens (including phenoxy) is 2. The van der Waals surface area contributed by atoms with Crippen LogP contribution in [0.2, 0.25) is 0 Å². The largest absolute Gasteiger partial charge is 0.508 e. The lowest BCUT2D eigenvalue weighted by molar-refractivity contribution is -0.157. The van der Waals surface area contributed by atoms with E-state index in [1.165, 1.54) is 12.1 Å². The van der Waals surface area contributed by atoms with Crippen molar-refractivity contribution in [3.8, 4) is 5.75 Å². The maximum Gasteiger partial charge on any atom is 0.339 e. The zero-order valence-electron chi connectivity index (χ0n) is 9.47. The summed E-state index contributed by atoms with van der Waals surface area (Å²) >= 11 is 0. The molecule has 0 unspecified atom stereocenters. The molecule has 4 nitrogen and oxygen atoms in total. The summed E-state index contributed by atoms with van der Waals surface area (Å²) in [5.41, 5.74) is 0.679. The second-order valence-electron chi connectivity index (χ2n) is 3.18. The highest BCUT2D eigenvalue weighted by molar-refractivity contribution is 5.76. The molecule has 0 heterocycles. The van der Waals surface area contributed by atoms with E-state index in [0.717, 1.165) is 0 Å². The minimum atomic E-state index is -0.717. The summed E-state index contributed by atoms with van der Waals surface area (Å²) < 4.78 is 10.2. The number of esters is 1. The topological polar surface area (TPSA) is 55.8 Å². The summed E-state index contributed by atoms with van der Waals surface area (Å²) in [4.78, 5) is 11.6. The van der Waals surface area contributed by atoms with Crippen LogP contribution < -0.4 is 0 Å². The fraction of sp³-hybridized carbons (Fsp3) is 0.417. The van der Waals surface area contributed by atoms with Crippen LogP contribution in [0.5, 0.6) is 5.75 Å². The van der Waals surface area contributed by atoms with Crippen molar-refractivity contribution >= 4 is 5.97 Å². The second-order valence-corrected chi connectivity index (χ2v) is 3.18. The van der Waals surface area contributed by atoms with Gasteiger partial charge in [0.1, 0.15) is 5.75 Å². The van der Waals surface area contributed by atoms with Crippen molar-refractivity contribution in [3.63, 3.8) is 0 Å². The van der Waals surface area contributed by atoms with Gasteiger partial charge in [0.2, 0.25) is 0 Å². The second kappa shape index (κ2) is 6.12. The molecule has 0 fully saturated rings. The number of phenols is 1. The smallest absolute Gasteiger partial charge is 0.339 e. The molecular weight excluding hydrogens is 208 g/mol. The number of phenolic OH excluding ortho intramolecular Hbond substituents is 1. The first-order valence-electron chi connectivity index (χ1n) is 5.26. The maximum absolute atomic E-state index is 11.6. The molecule has 4 heteroatoms. The van der Waals surface area contributed by atoms with Gasteiger partial charge in [0.05, 0.1) is 6.61 Å². The molecule has 1 aromatic carbocycles. The van der Waals surface area contributed by atoms with Crippen LogP contribution >= 0.6 is 0 Å². The molecular formula is C12H16O4. The van der Waals surface area contributed by atoms with E-state index in [9.17, 15) is 4.79 Å². The summed E-state index contributed by atoms with van der Waals surface area (Å²) in [6, 6.07) is 6.32. The molecule has 0 amide bonds. The van der Waals surface area contributed by atoms with E-state index in [2.05, 4.69) is 0 Å². The normalized spacial score (nSPS) is 12.1. The van der Waals surface area contributed by atoms with E-state index >= 15 is 0 Å². The number of carbonyl (C=O) groups is 1. The average Bonchev–Trinajstić information content (AvgIpc) is 2.28. The molecule has 0 aromatic heterocycles. The van der Waals surface area contributed by atoms with Crippen LogP contribution in [0.25, 0.3) is 0 Å². The average molecular weight is 224 g/mol. The Morgan fingerprint density at radius 1 is 1.25 bits per heavy atom. The van der Waals surface area contributed by atoms with Gasteiger partial charge < -0.3 is 14.6 Å². The number of aromatic hydroxyl groups is 1. The summed E-state index contributed by atoms with van der Waals surface area (Å²) in [5, 5.41) is 9.15. The highest BCUT2D eigenvalue weighted by Gasteiger charge is 2.21. The first-order valence-corrected chi connectivity index (χ1v) is 5.26. The minimum Gasteiger partial charge on any atom is -0.508 e. The summed E-state index contributed by atoms with van der Waals surface area (Å²) in [5.74, 6) is -0.252. The zero-order chi connectivity index (χ0) is 12.0. The molecule has 0 bridgehead atoms. The van der Waals surface area contributed by atoms with Gasteiger partial charge in [-0.15, -0.1) is 0 Å². The van der Waals surface area contributed by atoms with Crippen LogP contribution in [-0.2, 0) is 14.3 Å². The minimum absolute atomic E-state index is 0.155. The van der Waals surface area contributed by atoms with Gasteiger partial charge in [0, 0.05) is 6.61 Å². The monoisotopic (exact) mass is 224 g/mol. The standard InChI is InChI=1S/C12H16O4/c1-3-15-11(12(14)16-4-2)9-5-7-10(13)8-6-9/h5-8,11,13H,3-4H2,1-2H3/t11-/m1/s1. The van der Waals surface area contributed by atoms with Crippen molar-refractivity contribution in [1.29, 1.82) is 0 Å². The predicted molar refractivity (Wildman–Crippen MR) is 59.1 cm³/mol. The zero-order valence-corrected chi connectivity index (χ0v) is 9.47. The van der Waals surface area contributed by atoms with Crippen molar-refractivity contribution in [2.24, 2.45) is 0 Å². The molecule has 16 heavy (non-hydrogen) atoms. The van der Waals surface area contributed by atoms with E-state index < -0.39 is 12.1 Å². The molecule has 1 rings (SSSR count). The van der Waals surface area contributed by atoms with Gasteiger partial charge in [-0.25, -0.2) is 4.79 Å². The van der Waals surface area contributed by atoms with Crippen LogP contribution in [0.4, 0.5) is 0 Å². The predicted octanol–water partition coefficient (Wildman–Crippen LogP) is 2.03. The molecule has 0 radical (unpaired) electrons. The molecule has 0 saturated carbocycles. The molecule has 88 valence electrons. The lowest BCUT2D eigenvalue weighted by atomic mass is 10.1. The van der Waals surface area contributed by atoms with Gasteiger partial charge in [0.15, 0.2) is 6.10 Å². The first-order chi connectivity index (χ1) is 7.69. The van der Waals surface area contributed by atoms with Crippen molar-refractivity contribution in [2.75, 3.05) is 13.2 Å². The quantitative estimate of drug-likeness (QED) is 0.777. The molecule has 0 aliphatic heterocycles. The third-order valence-electron chi connectivity index (χ3n) is 2.03. The van der Waals surface area contributed by atoms with E-state index in [1.54, 1.807) is 19.1 Å². The van der Waals surface area contributed by atoms with Crippen LogP contribution in [-0.4, -0.2) is 24.3 Å². The number of hydrogen-bond acceptors (Lipinski definition) is 4. The molecule has 1 N–H and O–H groups in total. The Balaban J connectivity index is 2.84. The highest BCUT2D eigenvalue weighted by Crippen LogP contribution is 2.21. The Morgan fingerprint density at radius 2 is 1.88 bits per heavy atom. The summed E-state index contributed by atoms with van der Waals surface area (Å²) in [6.07, 6.45) is -0.717. The molecule has 0 aliphatic rings. The summed E-state index contributed by atoms with van der Waals surface area (Å²) in [7, 11) is 0. The summed E-state index contributed by atoms with van der Waals surface area (Å²) in [6.45, 7) is 4.30. The maximum atomic E-state index is 11.6. The molecule has 1 aromatic rings. The Labute approximate surface area is 94.8 Å². The fourth-order valence-electron chi connectivity index (χ4n) is 1.33. The lowest BCUT2D eigenvalue weighted by Crippen LogP contribution is -2.18. The third-order valence-corrected chi connectivity index (χ3v) is 2.03. The van der Waals surface area contributed by atoms with Crippen molar-refractivity contribution in [3.05, 3.63) is 29.8 Å². The molecule has 1 atom stereocenters. The van der Waals surface area contributed by atoms with E-state index in [1.807, 2.05) is 6.92 Å². The van der Waals surface area contributed by atoms with Crippen LogP contribution in [0.3, 0.4) is 0 Å². The fourth-order valence-corrected chi connectivity index (χ4v) is 1.33. The number of carbonyl (C=O) groups excluding carboxylic acids is 1. The van der Waals surface area contributed by atoms with Crippen molar-refractivity contribution < 1.29 is 19.4 Å². The molecule has 0 saturated heterocycles. The number of rotatable bonds is 5. The Kier molecular flexibility index (Phi) is 4.79. The van der Waals surface area contributed by atoms with Crippen LogP contribution in [0.15, 0.2) is 24.3 Å². The third kappa shape index (κ3) is 3.24.